The van der Waals surface area contributed by atoms with E-state index >= 15 is 4.79 Å². The second-order valence-corrected chi connectivity index (χ2v) is 14.2. The number of H-pyrrole nitrogens is 1. The Bertz CT molecular complexity index is 2290. The number of fused-ring (bicyclic) bond motifs is 1. The van der Waals surface area contributed by atoms with Gasteiger partial charge in [0.2, 0.25) is 0 Å². The van der Waals surface area contributed by atoms with Crippen LogP contribution in [-0.4, -0.2) is 49.3 Å². The molecule has 0 radical (unpaired) electrons. The average Bonchev–Trinajstić information content (AvgIpc) is 3.64. The maximum absolute atomic E-state index is 15.9. The maximum Gasteiger partial charge on any atom is 0.255 e. The van der Waals surface area contributed by atoms with E-state index in [1.807, 2.05) is 96.8 Å². The Hall–Kier alpha value is -6.12. The second kappa shape index (κ2) is 14.7. The van der Waals surface area contributed by atoms with E-state index in [0.29, 0.717) is 37.0 Å². The minimum Gasteiger partial charge on any atom is -0.485 e. The van der Waals surface area contributed by atoms with Gasteiger partial charge in [0.15, 0.2) is 0 Å². The van der Waals surface area contributed by atoms with Gasteiger partial charge in [0.1, 0.15) is 28.4 Å². The topological polar surface area (TPSA) is 91.3 Å². The van der Waals surface area contributed by atoms with Crippen molar-refractivity contribution in [3.63, 3.8) is 0 Å². The molecule has 2 aromatic heterocycles. The molecule has 2 atom stereocenters. The number of amides is 1. The SMILES string of the molecule is Cc1cc(-c2n[nH]c3ccc(C(=O)N(C4CCCC(CO)(Oc5cccc(F)c5)C4)C(c4ccccc4)(c4ccccc4)c4ccccc4)cc23)ccn1. The maximum atomic E-state index is 15.9. The third kappa shape index (κ3) is 6.43. The van der Waals surface area contributed by atoms with E-state index in [2.05, 4.69) is 51.6 Å². The number of aryl methyl sites for hydroxylation is 1. The van der Waals surface area contributed by atoms with Crippen molar-refractivity contribution in [3.05, 3.63) is 186 Å². The first kappa shape index (κ1) is 34.9. The monoisotopic (exact) mass is 716 g/mol. The fraction of sp³-hybridized carbons (Fsp3) is 0.196. The predicted octanol–water partition coefficient (Wildman–Crippen LogP) is 9.26. The summed E-state index contributed by atoms with van der Waals surface area (Å²) in [4.78, 5) is 22.3. The lowest BCUT2D eigenvalue weighted by Crippen LogP contribution is -2.60. The van der Waals surface area contributed by atoms with Crippen molar-refractivity contribution in [1.29, 1.82) is 0 Å². The van der Waals surface area contributed by atoms with E-state index in [0.717, 1.165) is 44.5 Å². The minimum atomic E-state index is -1.11. The molecule has 1 saturated carbocycles. The highest BCUT2D eigenvalue weighted by Gasteiger charge is 2.51. The summed E-state index contributed by atoms with van der Waals surface area (Å²) in [6.07, 6.45) is 3.95. The summed E-state index contributed by atoms with van der Waals surface area (Å²) < 4.78 is 21.0. The van der Waals surface area contributed by atoms with Crippen LogP contribution in [0.3, 0.4) is 0 Å². The lowest BCUT2D eigenvalue weighted by atomic mass is 9.72. The molecule has 7 aromatic rings. The standard InChI is InChI=1S/C46H41FN4O3/c1-32-27-33(24-26-48-32)43-41-28-34(22-23-42(41)49-50-43)44(53)51(39-20-12-25-45(30-39,31-52)54-40-21-11-19-38(47)29-40)46(35-13-5-2-6-14-35,36-15-7-3-8-16-36)37-17-9-4-10-18-37/h2-11,13-19,21-24,26-29,39,52H,12,20,25,30-31H2,1H3,(H,49,50). The molecule has 7 nitrogen and oxygen atoms in total. The van der Waals surface area contributed by atoms with E-state index in [4.69, 9.17) is 4.74 Å². The van der Waals surface area contributed by atoms with E-state index in [9.17, 15) is 9.50 Å². The van der Waals surface area contributed by atoms with Crippen LogP contribution in [0.1, 0.15) is 58.4 Å². The summed E-state index contributed by atoms with van der Waals surface area (Å²) in [6.45, 7) is 1.64. The van der Waals surface area contributed by atoms with Crippen LogP contribution in [0.15, 0.2) is 152 Å². The lowest BCUT2D eigenvalue weighted by molar-refractivity contribution is -0.0524. The Balaban J connectivity index is 1.36. The first-order valence-electron chi connectivity index (χ1n) is 18.4. The molecule has 1 amide bonds. The number of aliphatic hydroxyl groups is 1. The minimum absolute atomic E-state index is 0.184. The lowest BCUT2D eigenvalue weighted by Gasteiger charge is -2.52. The number of rotatable bonds is 10. The molecule has 1 aliphatic rings. The molecule has 54 heavy (non-hydrogen) atoms. The van der Waals surface area contributed by atoms with Gasteiger partial charge in [0, 0.05) is 46.9 Å². The van der Waals surface area contributed by atoms with E-state index in [1.165, 1.54) is 12.1 Å². The van der Waals surface area contributed by atoms with E-state index in [-0.39, 0.29) is 12.5 Å². The number of aromatic amines is 1. The van der Waals surface area contributed by atoms with Gasteiger partial charge in [-0.3, -0.25) is 14.9 Å². The first-order chi connectivity index (χ1) is 26.4. The molecule has 0 bridgehead atoms. The second-order valence-electron chi connectivity index (χ2n) is 14.2. The molecule has 5 aromatic carbocycles. The van der Waals surface area contributed by atoms with Gasteiger partial charge in [-0.1, -0.05) is 97.1 Å². The Morgan fingerprint density at radius 2 is 1.54 bits per heavy atom. The van der Waals surface area contributed by atoms with Crippen molar-refractivity contribution in [2.75, 3.05) is 6.61 Å². The fourth-order valence-electron chi connectivity index (χ4n) is 8.31. The zero-order valence-electron chi connectivity index (χ0n) is 30.0. The quantitative estimate of drug-likeness (QED) is 0.138. The van der Waals surface area contributed by atoms with Gasteiger partial charge in [0.05, 0.1) is 12.1 Å². The number of ether oxygens (including phenoxy) is 1. The van der Waals surface area contributed by atoms with Crippen LogP contribution in [0.25, 0.3) is 22.2 Å². The smallest absolute Gasteiger partial charge is 0.255 e. The molecule has 8 heteroatoms. The van der Waals surface area contributed by atoms with Crippen LogP contribution in [0.4, 0.5) is 4.39 Å². The largest absolute Gasteiger partial charge is 0.485 e. The van der Waals surface area contributed by atoms with Gasteiger partial charge in [-0.05, 0) is 85.3 Å². The van der Waals surface area contributed by atoms with Gasteiger partial charge >= 0.3 is 0 Å². The molecule has 0 aliphatic heterocycles. The molecule has 8 rings (SSSR count). The molecule has 0 saturated heterocycles. The van der Waals surface area contributed by atoms with Gasteiger partial charge in [-0.2, -0.15) is 5.10 Å². The summed E-state index contributed by atoms with van der Waals surface area (Å²) in [5.74, 6) is -0.264. The predicted molar refractivity (Wildman–Crippen MR) is 209 cm³/mol. The van der Waals surface area contributed by atoms with Crippen LogP contribution in [0.5, 0.6) is 5.75 Å². The number of aliphatic hydroxyl groups excluding tert-OH is 1. The van der Waals surface area contributed by atoms with Crippen LogP contribution >= 0.6 is 0 Å². The molecule has 2 unspecified atom stereocenters. The number of nitrogens with zero attached hydrogens (tertiary/aromatic N) is 3. The molecular weight excluding hydrogens is 676 g/mol. The van der Waals surface area contributed by atoms with Gasteiger partial charge in [0.25, 0.3) is 5.91 Å². The highest BCUT2D eigenvalue weighted by Crippen LogP contribution is 2.48. The third-order valence-corrected chi connectivity index (χ3v) is 10.7. The molecule has 270 valence electrons. The van der Waals surface area contributed by atoms with Crippen LogP contribution in [0, 0.1) is 12.7 Å². The summed E-state index contributed by atoms with van der Waals surface area (Å²) >= 11 is 0. The number of halogens is 1. The van der Waals surface area contributed by atoms with Gasteiger partial charge in [-0.15, -0.1) is 0 Å². The van der Waals surface area contributed by atoms with Crippen molar-refractivity contribution < 1.29 is 19.0 Å². The zero-order chi connectivity index (χ0) is 37.1. The number of benzene rings is 5. The Morgan fingerprint density at radius 1 is 0.870 bits per heavy atom. The number of hydrogen-bond donors (Lipinski definition) is 2. The molecule has 1 fully saturated rings. The molecule has 1 aliphatic carbocycles. The third-order valence-electron chi connectivity index (χ3n) is 10.7. The normalized spacial score (nSPS) is 17.3. The summed E-state index contributed by atoms with van der Waals surface area (Å²) in [7, 11) is 0. The zero-order valence-corrected chi connectivity index (χ0v) is 30.0. The van der Waals surface area contributed by atoms with Crippen LogP contribution < -0.4 is 4.74 Å². The van der Waals surface area contributed by atoms with Gasteiger partial charge in [-0.25, -0.2) is 4.39 Å². The molecule has 2 heterocycles. The molecule has 2 N–H and O–H groups in total. The van der Waals surface area contributed by atoms with Crippen molar-refractivity contribution in [3.8, 4) is 17.0 Å². The number of carbonyl (C=O) groups is 1. The first-order valence-corrected chi connectivity index (χ1v) is 18.4. The van der Waals surface area contributed by atoms with Crippen molar-refractivity contribution in [2.24, 2.45) is 0 Å². The Morgan fingerprint density at radius 3 is 2.15 bits per heavy atom. The van der Waals surface area contributed by atoms with Crippen molar-refractivity contribution in [1.82, 2.24) is 20.1 Å². The summed E-state index contributed by atoms with van der Waals surface area (Å²) in [5, 5.41) is 19.7. The number of nitrogens with one attached hydrogen (secondary N) is 1. The summed E-state index contributed by atoms with van der Waals surface area (Å²) in [6, 6.07) is 45.6. The Kier molecular flexibility index (Phi) is 9.52. The molecule has 0 spiro atoms. The van der Waals surface area contributed by atoms with E-state index in [1.54, 1.807) is 18.3 Å². The van der Waals surface area contributed by atoms with Crippen LogP contribution in [-0.2, 0) is 5.54 Å². The summed E-state index contributed by atoms with van der Waals surface area (Å²) in [5.41, 5.74) is 4.38. The fourth-order valence-corrected chi connectivity index (χ4v) is 8.31. The highest BCUT2D eigenvalue weighted by molar-refractivity contribution is 6.02. The highest BCUT2D eigenvalue weighted by atomic mass is 19.1. The average molecular weight is 717 g/mol. The molecular formula is C46H41FN4O3. The van der Waals surface area contributed by atoms with Crippen molar-refractivity contribution >= 4 is 16.8 Å². The van der Waals surface area contributed by atoms with Gasteiger partial charge < -0.3 is 14.7 Å². The van der Waals surface area contributed by atoms with Crippen molar-refractivity contribution in [2.45, 2.75) is 49.8 Å². The number of pyridine rings is 1. The Labute approximate surface area is 314 Å². The number of carbonyl (C=O) groups excluding carboxylic acids is 1. The number of aromatic nitrogens is 3. The van der Waals surface area contributed by atoms with E-state index < -0.39 is 23.0 Å². The number of hydrogen-bond acceptors (Lipinski definition) is 5. The van der Waals surface area contributed by atoms with Crippen LogP contribution in [0.2, 0.25) is 0 Å².